The Kier molecular flexibility index (Phi) is 4.76. The summed E-state index contributed by atoms with van der Waals surface area (Å²) in [5, 5.41) is 9.69. The number of halogens is 3. The van der Waals surface area contributed by atoms with E-state index in [1.807, 2.05) is 0 Å². The maximum absolute atomic E-state index is 14.4. The smallest absolute Gasteiger partial charge is 0.253 e. The molecule has 3 fully saturated rings. The number of amides is 4. The van der Waals surface area contributed by atoms with Crippen molar-refractivity contribution in [2.45, 2.75) is 35.4 Å². The summed E-state index contributed by atoms with van der Waals surface area (Å²) in [4.78, 5) is 50.8. The first-order valence-electron chi connectivity index (χ1n) is 10.7. The molecule has 33 heavy (non-hydrogen) atoms. The van der Waals surface area contributed by atoms with Crippen LogP contribution in [-0.2, 0) is 19.2 Å². The van der Waals surface area contributed by atoms with E-state index in [9.17, 15) is 28.7 Å². The van der Waals surface area contributed by atoms with Gasteiger partial charge in [0.1, 0.15) is 0 Å². The van der Waals surface area contributed by atoms with E-state index in [0.29, 0.717) is 5.57 Å². The Balaban J connectivity index is 1.74. The molecule has 0 radical (unpaired) electrons. The van der Waals surface area contributed by atoms with Gasteiger partial charge in [0.25, 0.3) is 11.8 Å². The molecule has 10 heteroatoms. The second kappa shape index (κ2) is 7.03. The first-order chi connectivity index (χ1) is 15.5. The number of alkyl halides is 2. The highest BCUT2D eigenvalue weighted by Gasteiger charge is 2.75. The summed E-state index contributed by atoms with van der Waals surface area (Å²) in [6.45, 7) is 1.94. The molecule has 1 aromatic rings. The van der Waals surface area contributed by atoms with E-state index < -0.39 is 56.8 Å². The molecule has 7 nitrogen and oxygen atoms in total. The van der Waals surface area contributed by atoms with Crippen LogP contribution in [0.2, 0.25) is 0 Å². The fourth-order valence-electron chi connectivity index (χ4n) is 6.20. The number of nitrogens with zero attached hydrogens (tertiary/aromatic N) is 2. The molecule has 2 heterocycles. The molecule has 2 saturated heterocycles. The van der Waals surface area contributed by atoms with E-state index in [1.165, 1.54) is 18.0 Å². The van der Waals surface area contributed by atoms with Crippen molar-refractivity contribution in [3.05, 3.63) is 41.2 Å². The lowest BCUT2D eigenvalue weighted by molar-refractivity contribution is -0.141. The molecule has 0 spiro atoms. The van der Waals surface area contributed by atoms with Crippen molar-refractivity contribution < 1.29 is 28.7 Å². The van der Waals surface area contributed by atoms with Crippen LogP contribution in [0, 0.1) is 23.6 Å². The number of likely N-dealkylation sites (tertiary alicyclic amines) is 2. The Labute approximate surface area is 199 Å². The number of hydrogen-bond donors (Lipinski definition) is 1. The summed E-state index contributed by atoms with van der Waals surface area (Å²) in [5.74, 6) is -6.52. The van der Waals surface area contributed by atoms with Crippen molar-refractivity contribution >= 4 is 46.8 Å². The second-order valence-corrected chi connectivity index (χ2v) is 10.4. The average molecular weight is 495 g/mol. The Morgan fingerprint density at radius 1 is 1.12 bits per heavy atom. The molecular weight excluding hydrogens is 474 g/mol. The zero-order chi connectivity index (χ0) is 24.0. The van der Waals surface area contributed by atoms with Crippen molar-refractivity contribution in [2.75, 3.05) is 13.6 Å². The predicted octanol–water partition coefficient (Wildman–Crippen LogP) is 2.54. The number of hydrogen-bond acceptors (Lipinski definition) is 5. The maximum atomic E-state index is 14.4. The van der Waals surface area contributed by atoms with Gasteiger partial charge in [-0.25, -0.2) is 4.39 Å². The van der Waals surface area contributed by atoms with Crippen LogP contribution in [0.5, 0.6) is 5.75 Å². The van der Waals surface area contributed by atoms with Crippen LogP contribution in [0.15, 0.2) is 29.8 Å². The number of phenols is 1. The fraction of sp³-hybridized carbons (Fsp3) is 0.478. The minimum Gasteiger partial charge on any atom is -0.505 e. The number of aromatic hydroxyl groups is 1. The van der Waals surface area contributed by atoms with Crippen LogP contribution in [0.4, 0.5) is 4.39 Å². The van der Waals surface area contributed by atoms with E-state index in [1.54, 1.807) is 13.0 Å². The van der Waals surface area contributed by atoms with Gasteiger partial charge in [-0.2, -0.15) is 0 Å². The lowest BCUT2D eigenvalue weighted by Crippen LogP contribution is -2.60. The van der Waals surface area contributed by atoms with E-state index in [0.717, 1.165) is 17.0 Å². The molecule has 5 rings (SSSR count). The van der Waals surface area contributed by atoms with Crippen LogP contribution in [0.1, 0.15) is 31.2 Å². The zero-order valence-electron chi connectivity index (χ0n) is 17.8. The summed E-state index contributed by atoms with van der Waals surface area (Å²) < 4.78 is 14.4. The largest absolute Gasteiger partial charge is 0.505 e. The highest BCUT2D eigenvalue weighted by atomic mass is 35.5. The molecule has 6 unspecified atom stereocenters. The molecule has 1 aromatic carbocycles. The van der Waals surface area contributed by atoms with Crippen molar-refractivity contribution in [1.29, 1.82) is 0 Å². The van der Waals surface area contributed by atoms with Crippen LogP contribution in [-0.4, -0.2) is 61.9 Å². The second-order valence-electron chi connectivity index (χ2n) is 9.13. The number of allylic oxidation sites excluding steroid dienone is 2. The van der Waals surface area contributed by atoms with Gasteiger partial charge in [0, 0.05) is 19.5 Å². The number of carbonyl (C=O) groups excluding carboxylic acids is 4. The highest BCUT2D eigenvalue weighted by molar-refractivity contribution is 6.53. The minimum atomic E-state index is -1.96. The van der Waals surface area contributed by atoms with Gasteiger partial charge in [0.2, 0.25) is 11.8 Å². The van der Waals surface area contributed by atoms with Gasteiger partial charge in [0.15, 0.2) is 21.3 Å². The van der Waals surface area contributed by atoms with Crippen molar-refractivity contribution in [3.8, 4) is 5.75 Å². The average Bonchev–Trinajstić information content (AvgIpc) is 3.10. The molecular formula is C23H21Cl2FN2O5. The van der Waals surface area contributed by atoms with Crippen LogP contribution < -0.4 is 0 Å². The van der Waals surface area contributed by atoms with Crippen molar-refractivity contribution in [3.63, 3.8) is 0 Å². The Morgan fingerprint density at radius 2 is 1.82 bits per heavy atom. The summed E-state index contributed by atoms with van der Waals surface area (Å²) >= 11 is 13.9. The third-order valence-electron chi connectivity index (χ3n) is 7.73. The van der Waals surface area contributed by atoms with E-state index in [2.05, 4.69) is 0 Å². The van der Waals surface area contributed by atoms with Gasteiger partial charge >= 0.3 is 0 Å². The van der Waals surface area contributed by atoms with Gasteiger partial charge in [-0.1, -0.05) is 17.7 Å². The van der Waals surface area contributed by atoms with Crippen LogP contribution in [0.3, 0.4) is 0 Å². The zero-order valence-corrected chi connectivity index (χ0v) is 19.4. The van der Waals surface area contributed by atoms with Gasteiger partial charge in [-0.3, -0.25) is 29.0 Å². The molecule has 2 aliphatic carbocycles. The van der Waals surface area contributed by atoms with Crippen LogP contribution in [0.25, 0.3) is 0 Å². The highest BCUT2D eigenvalue weighted by Crippen LogP contribution is 2.65. The topological polar surface area (TPSA) is 95.0 Å². The fourth-order valence-corrected chi connectivity index (χ4v) is 7.22. The minimum absolute atomic E-state index is 0.104. The Morgan fingerprint density at radius 3 is 2.45 bits per heavy atom. The normalized spacial score (nSPS) is 37.8. The quantitative estimate of drug-likeness (QED) is 0.387. The Hall–Kier alpha value is -2.45. The number of fused-ring (bicyclic) bond motifs is 4. The first-order valence-corrected chi connectivity index (χ1v) is 11.5. The molecule has 1 saturated carbocycles. The predicted molar refractivity (Wildman–Crippen MR) is 116 cm³/mol. The third kappa shape index (κ3) is 2.56. The van der Waals surface area contributed by atoms with E-state index in [4.69, 9.17) is 23.2 Å². The molecule has 1 N–H and O–H groups in total. The molecule has 2 aliphatic heterocycles. The first kappa shape index (κ1) is 22.3. The molecule has 174 valence electrons. The van der Waals surface area contributed by atoms with Crippen molar-refractivity contribution in [2.24, 2.45) is 17.8 Å². The lowest BCUT2D eigenvalue weighted by atomic mass is 9.56. The lowest BCUT2D eigenvalue weighted by Gasteiger charge is -2.50. The van der Waals surface area contributed by atoms with Gasteiger partial charge in [-0.05, 0) is 43.4 Å². The summed E-state index contributed by atoms with van der Waals surface area (Å²) in [6, 6.07) is 3.63. The van der Waals surface area contributed by atoms with Gasteiger partial charge in [-0.15, -0.1) is 23.2 Å². The van der Waals surface area contributed by atoms with E-state index >= 15 is 0 Å². The standard InChI is InChI=1S/C23H21Cl2FN2O5/c1-3-28-18(30)12-6-5-11-13(16(12)19(28)31)9-22(24)20(32)27(2)21(33)23(22,25)17(11)10-4-7-15(29)14(26)8-10/h4-5,7-8,12-13,16-17,29H,3,6,9H2,1-2H3. The summed E-state index contributed by atoms with van der Waals surface area (Å²) in [5.41, 5.74) is 0.837. The van der Waals surface area contributed by atoms with E-state index in [-0.39, 0.29) is 36.8 Å². The maximum Gasteiger partial charge on any atom is 0.253 e. The van der Waals surface area contributed by atoms with Crippen molar-refractivity contribution in [1.82, 2.24) is 9.80 Å². The SMILES string of the molecule is CCN1C(=O)C2CC=C3C(CC4(Cl)C(=O)N(C)C(=O)C4(Cl)C3c3ccc(O)c(F)c3)C2C1=O. The number of rotatable bonds is 2. The number of imide groups is 2. The number of carbonyl (C=O) groups is 4. The number of phenolic OH excluding ortho intramolecular Hbond substituents is 1. The summed E-state index contributed by atoms with van der Waals surface area (Å²) in [6.07, 6.45) is 1.94. The molecule has 4 amide bonds. The summed E-state index contributed by atoms with van der Waals surface area (Å²) in [7, 11) is 1.29. The molecule has 4 aliphatic rings. The molecule has 0 bridgehead atoms. The van der Waals surface area contributed by atoms with Crippen LogP contribution >= 0.6 is 23.2 Å². The molecule has 6 atom stereocenters. The Bertz CT molecular complexity index is 1170. The third-order valence-corrected chi connectivity index (χ3v) is 9.14. The van der Waals surface area contributed by atoms with Gasteiger partial charge in [0.05, 0.1) is 11.8 Å². The molecule has 0 aromatic heterocycles. The van der Waals surface area contributed by atoms with Gasteiger partial charge < -0.3 is 5.11 Å². The monoisotopic (exact) mass is 494 g/mol. The number of benzene rings is 1.